The Balaban J connectivity index is 1.43. The maximum Gasteiger partial charge on any atom is 0.423 e. The van der Waals surface area contributed by atoms with E-state index in [0.717, 1.165) is 6.20 Å². The maximum absolute atomic E-state index is 13.2. The number of hydrogen-bond acceptors (Lipinski definition) is 7. The van der Waals surface area contributed by atoms with E-state index in [1.54, 1.807) is 12.0 Å². The van der Waals surface area contributed by atoms with Gasteiger partial charge >= 0.3 is 12.4 Å². The molecular weight excluding hydrogens is 520 g/mol. The number of hydrogen-bond donors (Lipinski definition) is 2. The van der Waals surface area contributed by atoms with Crippen molar-refractivity contribution in [1.29, 1.82) is 0 Å². The Labute approximate surface area is 209 Å². The van der Waals surface area contributed by atoms with Crippen molar-refractivity contribution in [3.05, 3.63) is 74.8 Å². The van der Waals surface area contributed by atoms with E-state index in [4.69, 9.17) is 0 Å². The number of nitrogens with zero attached hydrogens (tertiary/aromatic N) is 5. The number of aromatic amines is 1. The van der Waals surface area contributed by atoms with Gasteiger partial charge in [0.25, 0.3) is 11.1 Å². The second-order valence-electron chi connectivity index (χ2n) is 8.44. The summed E-state index contributed by atoms with van der Waals surface area (Å²) in [5.41, 5.74) is -4.16. The summed E-state index contributed by atoms with van der Waals surface area (Å²) in [5, 5.41) is 12.7. The summed E-state index contributed by atoms with van der Waals surface area (Å²) in [6.07, 6.45) is -5.04. The molecule has 0 bridgehead atoms. The van der Waals surface area contributed by atoms with E-state index in [0.29, 0.717) is 41.6 Å². The second kappa shape index (κ2) is 10.2. The minimum Gasteiger partial charge on any atom is -0.381 e. The van der Waals surface area contributed by atoms with Gasteiger partial charge in [0.2, 0.25) is 0 Å². The molecule has 15 heteroatoms. The first-order valence-electron chi connectivity index (χ1n) is 11.2. The SMILES string of the molecule is C[C@@H](CCCn1ncc2cc(-c3ncc(C(F)(F)F)cn3)ccc2c1=O)Nc1cn[nH]c(=O)c1C(F)(F)F. The third-order valence-corrected chi connectivity index (χ3v) is 5.64. The lowest BCUT2D eigenvalue weighted by Gasteiger charge is -2.18. The molecule has 0 saturated heterocycles. The van der Waals surface area contributed by atoms with Gasteiger partial charge in [0, 0.05) is 35.9 Å². The average Bonchev–Trinajstić information content (AvgIpc) is 2.84. The molecule has 0 fully saturated rings. The number of nitrogens with one attached hydrogen (secondary N) is 2. The highest BCUT2D eigenvalue weighted by molar-refractivity contribution is 5.84. The zero-order valence-electron chi connectivity index (χ0n) is 19.6. The Kier molecular flexibility index (Phi) is 7.20. The number of aromatic nitrogens is 6. The van der Waals surface area contributed by atoms with Crippen LogP contribution in [0.15, 0.2) is 52.6 Å². The van der Waals surface area contributed by atoms with Crippen molar-refractivity contribution < 1.29 is 26.3 Å². The molecule has 38 heavy (non-hydrogen) atoms. The van der Waals surface area contributed by atoms with Crippen molar-refractivity contribution in [1.82, 2.24) is 29.9 Å². The lowest BCUT2D eigenvalue weighted by atomic mass is 10.1. The van der Waals surface area contributed by atoms with Crippen LogP contribution in [0.3, 0.4) is 0 Å². The van der Waals surface area contributed by atoms with Crippen LogP contribution in [0.5, 0.6) is 0 Å². The third kappa shape index (κ3) is 5.81. The van der Waals surface area contributed by atoms with Gasteiger partial charge in [-0.25, -0.2) is 19.7 Å². The Morgan fingerprint density at radius 3 is 2.37 bits per heavy atom. The molecular formula is C23H19F6N7O2. The number of alkyl halides is 6. The molecule has 200 valence electrons. The fourth-order valence-corrected chi connectivity index (χ4v) is 3.78. The average molecular weight is 539 g/mol. The first-order chi connectivity index (χ1) is 17.8. The van der Waals surface area contributed by atoms with E-state index < -0.39 is 46.3 Å². The lowest BCUT2D eigenvalue weighted by molar-refractivity contribution is -0.139. The van der Waals surface area contributed by atoms with Crippen molar-refractivity contribution in [2.45, 2.75) is 44.7 Å². The van der Waals surface area contributed by atoms with Crippen LogP contribution in [0.1, 0.15) is 30.9 Å². The summed E-state index contributed by atoms with van der Waals surface area (Å²) in [6.45, 7) is 1.80. The molecule has 0 radical (unpaired) electrons. The minimum absolute atomic E-state index is 0.0508. The Morgan fingerprint density at radius 1 is 1.00 bits per heavy atom. The van der Waals surface area contributed by atoms with Gasteiger partial charge in [0.1, 0.15) is 5.56 Å². The van der Waals surface area contributed by atoms with Crippen LogP contribution in [0.2, 0.25) is 0 Å². The molecule has 0 spiro atoms. The van der Waals surface area contributed by atoms with E-state index in [1.807, 2.05) is 0 Å². The Hall–Kier alpha value is -4.30. The molecule has 1 atom stereocenters. The number of fused-ring (bicyclic) bond motifs is 1. The van der Waals surface area contributed by atoms with Gasteiger partial charge in [-0.05, 0) is 31.9 Å². The summed E-state index contributed by atoms with van der Waals surface area (Å²) in [5.74, 6) is 0.0508. The molecule has 0 unspecified atom stereocenters. The van der Waals surface area contributed by atoms with E-state index >= 15 is 0 Å². The highest BCUT2D eigenvalue weighted by Gasteiger charge is 2.37. The first-order valence-corrected chi connectivity index (χ1v) is 11.2. The largest absolute Gasteiger partial charge is 0.423 e. The van der Waals surface area contributed by atoms with Crippen LogP contribution < -0.4 is 16.4 Å². The normalized spacial score (nSPS) is 13.0. The van der Waals surface area contributed by atoms with E-state index in [2.05, 4.69) is 25.5 Å². The fraction of sp³-hybridized carbons (Fsp3) is 0.304. The molecule has 3 aromatic heterocycles. The first kappa shape index (κ1) is 26.8. The predicted octanol–water partition coefficient (Wildman–Crippen LogP) is 4.26. The fourth-order valence-electron chi connectivity index (χ4n) is 3.78. The summed E-state index contributed by atoms with van der Waals surface area (Å²) in [6, 6.07) is 4.06. The highest BCUT2D eigenvalue weighted by atomic mass is 19.4. The number of halogens is 6. The van der Waals surface area contributed by atoms with Gasteiger partial charge in [-0.2, -0.15) is 36.5 Å². The topological polar surface area (TPSA) is 118 Å². The number of benzene rings is 1. The van der Waals surface area contributed by atoms with Gasteiger partial charge in [0.05, 0.1) is 29.0 Å². The number of aryl methyl sites for hydroxylation is 1. The molecule has 0 saturated carbocycles. The van der Waals surface area contributed by atoms with Crippen LogP contribution in [0.4, 0.5) is 32.0 Å². The zero-order chi connectivity index (χ0) is 27.7. The van der Waals surface area contributed by atoms with Crippen molar-refractivity contribution in [3.63, 3.8) is 0 Å². The van der Waals surface area contributed by atoms with Crippen LogP contribution in [0.25, 0.3) is 22.2 Å². The quantitative estimate of drug-likeness (QED) is 0.337. The van der Waals surface area contributed by atoms with Crippen molar-refractivity contribution in [2.24, 2.45) is 0 Å². The van der Waals surface area contributed by atoms with E-state index in [9.17, 15) is 35.9 Å². The van der Waals surface area contributed by atoms with Crippen LogP contribution in [0, 0.1) is 0 Å². The third-order valence-electron chi connectivity index (χ3n) is 5.64. The molecule has 3 heterocycles. The summed E-state index contributed by atoms with van der Waals surface area (Å²) < 4.78 is 79.0. The van der Waals surface area contributed by atoms with Gasteiger partial charge < -0.3 is 5.32 Å². The molecule has 1 aromatic carbocycles. The van der Waals surface area contributed by atoms with E-state index in [-0.39, 0.29) is 12.4 Å². The molecule has 4 aromatic rings. The molecule has 9 nitrogen and oxygen atoms in total. The van der Waals surface area contributed by atoms with E-state index in [1.165, 1.54) is 29.1 Å². The van der Waals surface area contributed by atoms with Crippen molar-refractivity contribution in [3.8, 4) is 11.4 Å². The summed E-state index contributed by atoms with van der Waals surface area (Å²) in [4.78, 5) is 31.9. The van der Waals surface area contributed by atoms with Crippen molar-refractivity contribution in [2.75, 3.05) is 5.32 Å². The summed E-state index contributed by atoms with van der Waals surface area (Å²) >= 11 is 0. The molecule has 2 N–H and O–H groups in total. The predicted molar refractivity (Wildman–Crippen MR) is 124 cm³/mol. The smallest absolute Gasteiger partial charge is 0.381 e. The Bertz CT molecular complexity index is 1560. The molecule has 0 aliphatic carbocycles. The number of anilines is 1. The van der Waals surface area contributed by atoms with Crippen LogP contribution >= 0.6 is 0 Å². The highest BCUT2D eigenvalue weighted by Crippen LogP contribution is 2.32. The number of rotatable bonds is 7. The van der Waals surface area contributed by atoms with Gasteiger partial charge in [0.15, 0.2) is 5.82 Å². The molecule has 4 rings (SSSR count). The second-order valence-corrected chi connectivity index (χ2v) is 8.44. The Morgan fingerprint density at radius 2 is 1.71 bits per heavy atom. The van der Waals surface area contributed by atoms with Gasteiger partial charge in [-0.1, -0.05) is 6.07 Å². The maximum atomic E-state index is 13.2. The van der Waals surface area contributed by atoms with Gasteiger partial charge in [-0.3, -0.25) is 9.59 Å². The zero-order valence-corrected chi connectivity index (χ0v) is 19.6. The lowest BCUT2D eigenvalue weighted by Crippen LogP contribution is -2.28. The number of H-pyrrole nitrogens is 1. The summed E-state index contributed by atoms with van der Waals surface area (Å²) in [7, 11) is 0. The van der Waals surface area contributed by atoms with Gasteiger partial charge in [-0.15, -0.1) is 0 Å². The monoisotopic (exact) mass is 539 g/mol. The van der Waals surface area contributed by atoms with Crippen molar-refractivity contribution >= 4 is 16.5 Å². The van der Waals surface area contributed by atoms with Crippen LogP contribution in [-0.4, -0.2) is 36.0 Å². The standard InChI is InChI=1S/C23H19F6N7O2/c1-12(34-17-11-32-35-20(37)18(17)23(27,28)29)3-2-6-36-21(38)16-5-4-13(7-14(16)8-33-36)19-30-9-15(10-31-19)22(24,25)26/h4-5,7-12H,2-3,6H2,1H3,(H2,34,35,37)/t12-/m0/s1. The molecule has 0 aliphatic heterocycles. The molecule has 0 amide bonds. The molecule has 0 aliphatic rings. The minimum atomic E-state index is -4.86. The van der Waals surface area contributed by atoms with Crippen LogP contribution in [-0.2, 0) is 18.9 Å².